The number of hydrogen-bond donors (Lipinski definition) is 1. The van der Waals surface area contributed by atoms with Gasteiger partial charge in [0.1, 0.15) is 0 Å². The maximum absolute atomic E-state index is 10.8. The molecule has 72 valence electrons. The van der Waals surface area contributed by atoms with E-state index in [4.69, 9.17) is 5.11 Å². The van der Waals surface area contributed by atoms with Crippen molar-refractivity contribution in [2.24, 2.45) is 0 Å². The Morgan fingerprint density at radius 3 is 2.64 bits per heavy atom. The number of fused-ring (bicyclic) bond motifs is 5. The van der Waals surface area contributed by atoms with Crippen LogP contribution in [0.5, 0.6) is 0 Å². The van der Waals surface area contributed by atoms with Gasteiger partial charge in [-0.15, -0.1) is 0 Å². The van der Waals surface area contributed by atoms with Gasteiger partial charge in [-0.3, -0.25) is 0 Å². The Bertz CT molecular complexity index is 409. The molecule has 14 heavy (non-hydrogen) atoms. The van der Waals surface area contributed by atoms with Crippen molar-refractivity contribution in [3.05, 3.63) is 34.9 Å². The predicted molar refractivity (Wildman–Crippen MR) is 52.7 cm³/mol. The van der Waals surface area contributed by atoms with Gasteiger partial charge in [0.15, 0.2) is 0 Å². The SMILES string of the molecule is O=C(O)c1ccc2c(c1)C1CCC2C1. The van der Waals surface area contributed by atoms with Crippen LogP contribution in [0.25, 0.3) is 0 Å². The highest BCUT2D eigenvalue weighted by atomic mass is 16.4. The van der Waals surface area contributed by atoms with Crippen LogP contribution >= 0.6 is 0 Å². The summed E-state index contributed by atoms with van der Waals surface area (Å²) in [5, 5.41) is 8.89. The van der Waals surface area contributed by atoms with Crippen molar-refractivity contribution >= 4 is 5.97 Å². The molecule has 2 aliphatic rings. The van der Waals surface area contributed by atoms with Crippen molar-refractivity contribution in [2.45, 2.75) is 31.1 Å². The largest absolute Gasteiger partial charge is 0.478 e. The second kappa shape index (κ2) is 2.59. The lowest BCUT2D eigenvalue weighted by Gasteiger charge is -2.14. The van der Waals surface area contributed by atoms with E-state index in [-0.39, 0.29) is 0 Å². The van der Waals surface area contributed by atoms with Gasteiger partial charge in [-0.25, -0.2) is 4.79 Å². The quantitative estimate of drug-likeness (QED) is 0.735. The molecule has 2 nitrogen and oxygen atoms in total. The third kappa shape index (κ3) is 0.939. The third-order valence-electron chi connectivity index (χ3n) is 3.65. The Balaban J connectivity index is 2.12. The van der Waals surface area contributed by atoms with E-state index in [0.717, 1.165) is 5.92 Å². The molecule has 1 aromatic rings. The molecule has 2 heteroatoms. The lowest BCUT2D eigenvalue weighted by molar-refractivity contribution is 0.0696. The molecule has 0 heterocycles. The first kappa shape index (κ1) is 8.04. The van der Waals surface area contributed by atoms with Crippen molar-refractivity contribution in [3.63, 3.8) is 0 Å². The fourth-order valence-corrected chi connectivity index (χ4v) is 2.98. The monoisotopic (exact) mass is 188 g/mol. The number of aromatic carboxylic acids is 1. The predicted octanol–water partition coefficient (Wildman–Crippen LogP) is 2.75. The highest BCUT2D eigenvalue weighted by molar-refractivity contribution is 5.88. The van der Waals surface area contributed by atoms with Gasteiger partial charge in [-0.2, -0.15) is 0 Å². The van der Waals surface area contributed by atoms with E-state index in [1.807, 2.05) is 12.1 Å². The summed E-state index contributed by atoms with van der Waals surface area (Å²) in [6, 6.07) is 5.63. The van der Waals surface area contributed by atoms with Crippen LogP contribution in [0.2, 0.25) is 0 Å². The van der Waals surface area contributed by atoms with Crippen LogP contribution in [0.15, 0.2) is 18.2 Å². The molecule has 0 spiro atoms. The minimum absolute atomic E-state index is 0.441. The Morgan fingerprint density at radius 2 is 1.93 bits per heavy atom. The number of carbonyl (C=O) groups is 1. The van der Waals surface area contributed by atoms with Crippen LogP contribution in [-0.2, 0) is 0 Å². The highest BCUT2D eigenvalue weighted by Gasteiger charge is 2.36. The Hall–Kier alpha value is -1.31. The summed E-state index contributed by atoms with van der Waals surface area (Å²) < 4.78 is 0. The molecule has 1 N–H and O–H groups in total. The highest BCUT2D eigenvalue weighted by Crippen LogP contribution is 2.52. The van der Waals surface area contributed by atoms with Gasteiger partial charge in [0.25, 0.3) is 0 Å². The van der Waals surface area contributed by atoms with Gasteiger partial charge in [0.05, 0.1) is 5.56 Å². The smallest absolute Gasteiger partial charge is 0.335 e. The van der Waals surface area contributed by atoms with Crippen molar-refractivity contribution in [1.82, 2.24) is 0 Å². The van der Waals surface area contributed by atoms with Crippen LogP contribution in [-0.4, -0.2) is 11.1 Å². The van der Waals surface area contributed by atoms with Gasteiger partial charge in [-0.1, -0.05) is 6.07 Å². The summed E-state index contributed by atoms with van der Waals surface area (Å²) in [6.45, 7) is 0. The summed E-state index contributed by atoms with van der Waals surface area (Å²) >= 11 is 0. The van der Waals surface area contributed by atoms with E-state index in [1.54, 1.807) is 6.07 Å². The molecular weight excluding hydrogens is 176 g/mol. The number of benzene rings is 1. The Labute approximate surface area is 82.6 Å². The summed E-state index contributed by atoms with van der Waals surface area (Å²) in [7, 11) is 0. The fraction of sp³-hybridized carbons (Fsp3) is 0.417. The van der Waals surface area contributed by atoms with Crippen LogP contribution in [0.3, 0.4) is 0 Å². The second-order valence-electron chi connectivity index (χ2n) is 4.36. The Morgan fingerprint density at radius 1 is 1.21 bits per heavy atom. The summed E-state index contributed by atoms with van der Waals surface area (Å²) in [5.41, 5.74) is 3.16. The first-order chi connectivity index (χ1) is 6.75. The van der Waals surface area contributed by atoms with E-state index in [2.05, 4.69) is 0 Å². The van der Waals surface area contributed by atoms with Crippen LogP contribution in [0.1, 0.15) is 52.6 Å². The molecule has 2 unspecified atom stereocenters. The molecular formula is C12H12O2. The zero-order valence-electron chi connectivity index (χ0n) is 7.86. The summed E-state index contributed by atoms with van der Waals surface area (Å²) in [6.07, 6.45) is 3.79. The van der Waals surface area contributed by atoms with Crippen molar-refractivity contribution in [2.75, 3.05) is 0 Å². The van der Waals surface area contributed by atoms with E-state index in [0.29, 0.717) is 11.5 Å². The number of carboxylic acids is 1. The zero-order chi connectivity index (χ0) is 9.71. The Kier molecular flexibility index (Phi) is 1.49. The molecule has 0 amide bonds. The average Bonchev–Trinajstić information content (AvgIpc) is 2.77. The van der Waals surface area contributed by atoms with Crippen LogP contribution in [0, 0.1) is 0 Å². The molecule has 1 aromatic carbocycles. The van der Waals surface area contributed by atoms with Crippen LogP contribution < -0.4 is 0 Å². The van der Waals surface area contributed by atoms with Gasteiger partial charge in [0, 0.05) is 0 Å². The van der Waals surface area contributed by atoms with Crippen molar-refractivity contribution < 1.29 is 9.90 Å². The summed E-state index contributed by atoms with van der Waals surface area (Å²) in [4.78, 5) is 10.8. The lowest BCUT2D eigenvalue weighted by Crippen LogP contribution is -2.02. The molecule has 2 aliphatic carbocycles. The van der Waals surface area contributed by atoms with E-state index >= 15 is 0 Å². The number of rotatable bonds is 1. The molecule has 3 rings (SSSR count). The standard InChI is InChI=1S/C12H12O2/c13-12(14)9-3-4-10-7-1-2-8(5-7)11(10)6-9/h3-4,6-8H,1-2,5H2,(H,13,14). The molecule has 0 saturated heterocycles. The maximum Gasteiger partial charge on any atom is 0.335 e. The molecule has 0 radical (unpaired) electrons. The maximum atomic E-state index is 10.8. The summed E-state index contributed by atoms with van der Waals surface area (Å²) in [5.74, 6) is 0.558. The van der Waals surface area contributed by atoms with Crippen molar-refractivity contribution in [3.8, 4) is 0 Å². The van der Waals surface area contributed by atoms with Gasteiger partial charge in [-0.05, 0) is 54.4 Å². The average molecular weight is 188 g/mol. The third-order valence-corrected chi connectivity index (χ3v) is 3.65. The van der Waals surface area contributed by atoms with E-state index in [1.165, 1.54) is 30.4 Å². The first-order valence-corrected chi connectivity index (χ1v) is 5.13. The topological polar surface area (TPSA) is 37.3 Å². The van der Waals surface area contributed by atoms with Crippen LogP contribution in [0.4, 0.5) is 0 Å². The zero-order valence-corrected chi connectivity index (χ0v) is 7.86. The van der Waals surface area contributed by atoms with Gasteiger partial charge in [0.2, 0.25) is 0 Å². The number of hydrogen-bond acceptors (Lipinski definition) is 1. The molecule has 2 bridgehead atoms. The normalized spacial score (nSPS) is 27.7. The molecule has 0 aliphatic heterocycles. The lowest BCUT2D eigenvalue weighted by atomic mass is 9.90. The van der Waals surface area contributed by atoms with Gasteiger partial charge < -0.3 is 5.11 Å². The second-order valence-corrected chi connectivity index (χ2v) is 4.36. The molecule has 0 aromatic heterocycles. The minimum Gasteiger partial charge on any atom is -0.478 e. The molecule has 2 atom stereocenters. The van der Waals surface area contributed by atoms with Gasteiger partial charge >= 0.3 is 5.97 Å². The van der Waals surface area contributed by atoms with Crippen molar-refractivity contribution in [1.29, 1.82) is 0 Å². The molecule has 1 fully saturated rings. The number of carboxylic acid groups (broad SMARTS) is 1. The first-order valence-electron chi connectivity index (χ1n) is 5.13. The van der Waals surface area contributed by atoms with E-state index < -0.39 is 5.97 Å². The fourth-order valence-electron chi connectivity index (χ4n) is 2.98. The minimum atomic E-state index is -0.810. The molecule has 1 saturated carbocycles. The van der Waals surface area contributed by atoms with E-state index in [9.17, 15) is 4.79 Å².